The molecule has 0 radical (unpaired) electrons. The highest BCUT2D eigenvalue weighted by molar-refractivity contribution is 7.98. The molecule has 1 rings (SSSR count). The molecular formula is C13H21N3O3S. The average molecular weight is 299 g/mol. The van der Waals surface area contributed by atoms with E-state index in [-0.39, 0.29) is 19.1 Å². The van der Waals surface area contributed by atoms with Gasteiger partial charge in [-0.25, -0.2) is 4.79 Å². The first kappa shape index (κ1) is 16.7. The highest BCUT2D eigenvalue weighted by Crippen LogP contribution is 2.20. The Morgan fingerprint density at radius 1 is 1.45 bits per heavy atom. The monoisotopic (exact) mass is 299 g/mol. The van der Waals surface area contributed by atoms with E-state index in [2.05, 4.69) is 9.97 Å². The van der Waals surface area contributed by atoms with Gasteiger partial charge in [-0.3, -0.25) is 4.79 Å². The maximum atomic E-state index is 12.6. The number of aliphatic hydroxyl groups is 1. The number of carbonyl (C=O) groups excluding carboxylic acids is 1. The molecule has 0 aliphatic heterocycles. The number of aryl methyl sites for hydroxylation is 1. The van der Waals surface area contributed by atoms with Crippen molar-refractivity contribution in [2.45, 2.75) is 31.7 Å². The summed E-state index contributed by atoms with van der Waals surface area (Å²) in [6.45, 7) is 4.52. The van der Waals surface area contributed by atoms with Gasteiger partial charge in [0.2, 0.25) is 0 Å². The van der Waals surface area contributed by atoms with Crippen molar-refractivity contribution in [3.63, 3.8) is 0 Å². The number of rotatable bonds is 7. The Kier molecular flexibility index (Phi) is 6.74. The second kappa shape index (κ2) is 8.06. The topological polar surface area (TPSA) is 86.3 Å². The number of nitrogens with one attached hydrogen (secondary N) is 1. The number of aromatic nitrogens is 2. The fraction of sp³-hybridized carbons (Fsp3) is 0.615. The lowest BCUT2D eigenvalue weighted by atomic mass is 10.2. The number of aliphatic hydroxyl groups excluding tert-OH is 1. The Hall–Kier alpha value is -1.34. The van der Waals surface area contributed by atoms with Crippen LogP contribution in [0.15, 0.2) is 9.82 Å². The van der Waals surface area contributed by atoms with E-state index in [0.717, 1.165) is 12.8 Å². The number of thioether (sulfide) groups is 1. The van der Waals surface area contributed by atoms with Gasteiger partial charge in [-0.05, 0) is 19.6 Å². The molecule has 0 saturated carbocycles. The van der Waals surface area contributed by atoms with E-state index in [9.17, 15) is 9.59 Å². The summed E-state index contributed by atoms with van der Waals surface area (Å²) in [4.78, 5) is 32.0. The molecule has 112 valence electrons. The van der Waals surface area contributed by atoms with Crippen molar-refractivity contribution in [1.29, 1.82) is 0 Å². The van der Waals surface area contributed by atoms with Gasteiger partial charge in [-0.15, -0.1) is 11.8 Å². The van der Waals surface area contributed by atoms with E-state index in [1.807, 2.05) is 6.92 Å². The largest absolute Gasteiger partial charge is 0.395 e. The zero-order chi connectivity index (χ0) is 15.1. The normalized spacial score (nSPS) is 10.6. The molecule has 0 aliphatic rings. The van der Waals surface area contributed by atoms with E-state index in [1.165, 1.54) is 11.8 Å². The first-order valence-corrected chi connectivity index (χ1v) is 7.82. The second-order valence-corrected chi connectivity index (χ2v) is 5.22. The molecule has 7 heteroatoms. The molecule has 0 spiro atoms. The maximum Gasteiger partial charge on any atom is 0.346 e. The first-order chi connectivity index (χ1) is 9.54. The zero-order valence-corrected chi connectivity index (χ0v) is 12.9. The Bertz CT molecular complexity index is 516. The van der Waals surface area contributed by atoms with Crippen LogP contribution in [0.3, 0.4) is 0 Å². The lowest BCUT2D eigenvalue weighted by Crippen LogP contribution is -2.36. The number of H-pyrrole nitrogens is 1. The molecular weight excluding hydrogens is 278 g/mol. The summed E-state index contributed by atoms with van der Waals surface area (Å²) in [6.07, 6.45) is 3.62. The summed E-state index contributed by atoms with van der Waals surface area (Å²) in [6, 6.07) is 0. The van der Waals surface area contributed by atoms with Crippen LogP contribution in [0.5, 0.6) is 0 Å². The SMILES string of the molecule is CCCCN(CCO)C(=O)c1c(SC)nc(=O)[nH]c1C. The fourth-order valence-corrected chi connectivity index (χ4v) is 2.52. The van der Waals surface area contributed by atoms with Crippen LogP contribution in [-0.2, 0) is 0 Å². The summed E-state index contributed by atoms with van der Waals surface area (Å²) in [5.41, 5.74) is 0.478. The van der Waals surface area contributed by atoms with E-state index >= 15 is 0 Å². The molecule has 6 nitrogen and oxygen atoms in total. The first-order valence-electron chi connectivity index (χ1n) is 6.60. The predicted molar refractivity (Wildman–Crippen MR) is 79.3 cm³/mol. The molecule has 0 bridgehead atoms. The van der Waals surface area contributed by atoms with Gasteiger partial charge >= 0.3 is 5.69 Å². The Morgan fingerprint density at radius 3 is 2.70 bits per heavy atom. The predicted octanol–water partition coefficient (Wildman–Crippen LogP) is 1.03. The van der Waals surface area contributed by atoms with Crippen LogP contribution in [0, 0.1) is 6.92 Å². The molecule has 1 amide bonds. The third-order valence-electron chi connectivity index (χ3n) is 2.93. The van der Waals surface area contributed by atoms with Crippen molar-refractivity contribution < 1.29 is 9.90 Å². The molecule has 0 aromatic carbocycles. The summed E-state index contributed by atoms with van der Waals surface area (Å²) < 4.78 is 0. The number of aromatic amines is 1. The van der Waals surface area contributed by atoms with Crippen LogP contribution in [0.25, 0.3) is 0 Å². The minimum Gasteiger partial charge on any atom is -0.395 e. The Balaban J connectivity index is 3.13. The fourth-order valence-electron chi connectivity index (χ4n) is 1.90. The molecule has 0 atom stereocenters. The third-order valence-corrected chi connectivity index (χ3v) is 3.61. The minimum absolute atomic E-state index is 0.0834. The van der Waals surface area contributed by atoms with Gasteiger partial charge in [0, 0.05) is 18.8 Å². The van der Waals surface area contributed by atoms with Crippen molar-refractivity contribution in [2.24, 2.45) is 0 Å². The van der Waals surface area contributed by atoms with Gasteiger partial charge in [-0.1, -0.05) is 13.3 Å². The number of nitrogens with zero attached hydrogens (tertiary/aromatic N) is 2. The number of unbranched alkanes of at least 4 members (excludes halogenated alkanes) is 1. The van der Waals surface area contributed by atoms with E-state index < -0.39 is 5.69 Å². The number of hydrogen-bond acceptors (Lipinski definition) is 5. The highest BCUT2D eigenvalue weighted by atomic mass is 32.2. The molecule has 0 saturated heterocycles. The second-order valence-electron chi connectivity index (χ2n) is 4.42. The lowest BCUT2D eigenvalue weighted by Gasteiger charge is -2.23. The zero-order valence-electron chi connectivity index (χ0n) is 12.1. The maximum absolute atomic E-state index is 12.6. The van der Waals surface area contributed by atoms with Crippen LogP contribution >= 0.6 is 11.8 Å². The summed E-state index contributed by atoms with van der Waals surface area (Å²) >= 11 is 1.27. The van der Waals surface area contributed by atoms with Crippen molar-refractivity contribution in [1.82, 2.24) is 14.9 Å². The van der Waals surface area contributed by atoms with Crippen molar-refractivity contribution >= 4 is 17.7 Å². The average Bonchev–Trinajstić information content (AvgIpc) is 2.41. The molecule has 2 N–H and O–H groups in total. The smallest absolute Gasteiger partial charge is 0.346 e. The third kappa shape index (κ3) is 4.08. The van der Waals surface area contributed by atoms with Crippen molar-refractivity contribution in [3.05, 3.63) is 21.7 Å². The molecule has 0 aliphatic carbocycles. The van der Waals surface area contributed by atoms with Crippen LogP contribution < -0.4 is 5.69 Å². The highest BCUT2D eigenvalue weighted by Gasteiger charge is 2.22. The van der Waals surface area contributed by atoms with E-state index in [1.54, 1.807) is 18.1 Å². The van der Waals surface area contributed by atoms with Crippen LogP contribution in [0.1, 0.15) is 35.8 Å². The molecule has 1 heterocycles. The van der Waals surface area contributed by atoms with Gasteiger partial charge in [0.25, 0.3) is 5.91 Å². The Morgan fingerprint density at radius 2 is 2.15 bits per heavy atom. The number of hydrogen-bond donors (Lipinski definition) is 2. The van der Waals surface area contributed by atoms with Gasteiger partial charge in [0.15, 0.2) is 0 Å². The van der Waals surface area contributed by atoms with Crippen LogP contribution in [0.4, 0.5) is 0 Å². The number of carbonyl (C=O) groups is 1. The van der Waals surface area contributed by atoms with Crippen LogP contribution in [0.2, 0.25) is 0 Å². The standard InChI is InChI=1S/C13H21N3O3S/c1-4-5-6-16(7-8-17)12(18)10-9(2)14-13(19)15-11(10)20-3/h17H,4-8H2,1-3H3,(H,14,15,19). The number of amides is 1. The van der Waals surface area contributed by atoms with Crippen LogP contribution in [-0.4, -0.2) is 51.8 Å². The summed E-state index contributed by atoms with van der Waals surface area (Å²) in [5.74, 6) is -0.196. The van der Waals surface area contributed by atoms with Gasteiger partial charge in [-0.2, -0.15) is 4.98 Å². The molecule has 1 aromatic heterocycles. The van der Waals surface area contributed by atoms with Gasteiger partial charge in [0.05, 0.1) is 12.2 Å². The molecule has 0 unspecified atom stereocenters. The minimum atomic E-state index is -0.453. The van der Waals surface area contributed by atoms with Crippen molar-refractivity contribution in [2.75, 3.05) is 26.0 Å². The van der Waals surface area contributed by atoms with E-state index in [0.29, 0.717) is 22.8 Å². The lowest BCUT2D eigenvalue weighted by molar-refractivity contribution is 0.0713. The molecule has 1 aromatic rings. The van der Waals surface area contributed by atoms with Gasteiger partial charge in [0.1, 0.15) is 5.03 Å². The van der Waals surface area contributed by atoms with Crippen molar-refractivity contribution in [3.8, 4) is 0 Å². The summed E-state index contributed by atoms with van der Waals surface area (Å²) in [5, 5.41) is 9.53. The van der Waals surface area contributed by atoms with E-state index in [4.69, 9.17) is 5.11 Å². The molecule has 20 heavy (non-hydrogen) atoms. The van der Waals surface area contributed by atoms with Gasteiger partial charge < -0.3 is 15.0 Å². The Labute approximate surface area is 122 Å². The summed E-state index contributed by atoms with van der Waals surface area (Å²) in [7, 11) is 0. The molecule has 0 fully saturated rings. The quantitative estimate of drug-likeness (QED) is 0.580.